The average molecular weight is 432 g/mol. The highest BCUT2D eigenvalue weighted by Gasteiger charge is 2.32. The second kappa shape index (κ2) is 8.78. The smallest absolute Gasteiger partial charge is 0.0393 e. The van der Waals surface area contributed by atoms with Gasteiger partial charge in [-0.2, -0.15) is 0 Å². The molecule has 0 bridgehead atoms. The Labute approximate surface area is 191 Å². The minimum absolute atomic E-state index is 0.799. The lowest BCUT2D eigenvalue weighted by Crippen LogP contribution is -2.05. The van der Waals surface area contributed by atoms with Crippen LogP contribution < -0.4 is 5.73 Å². The first kappa shape index (κ1) is 20.2. The van der Waals surface area contributed by atoms with Crippen LogP contribution in [0.2, 0.25) is 0 Å². The van der Waals surface area contributed by atoms with Crippen molar-refractivity contribution in [3.05, 3.63) is 140 Å². The summed E-state index contributed by atoms with van der Waals surface area (Å²) in [6.07, 6.45) is 0. The quantitative estimate of drug-likeness (QED) is 0.278. The monoisotopic (exact) mass is 431 g/mol. The van der Waals surface area contributed by atoms with Crippen molar-refractivity contribution in [1.82, 2.24) is 0 Å². The van der Waals surface area contributed by atoms with Crippen molar-refractivity contribution < 1.29 is 0 Å². The standard InChI is InChI=1S/C30H25NS/c31-30-19-11-10-18-29(30)24-20-22-28(23-21-24)32(25-12-4-1-5-13-25,26-14-6-2-7-15-26)27-16-8-3-9-17-27/h1-23H,31H2. The van der Waals surface area contributed by atoms with Crippen LogP contribution in [-0.4, -0.2) is 0 Å². The van der Waals surface area contributed by atoms with Crippen LogP contribution >= 0.6 is 10.0 Å². The van der Waals surface area contributed by atoms with E-state index in [0.29, 0.717) is 0 Å². The van der Waals surface area contributed by atoms with E-state index in [1.165, 1.54) is 19.6 Å². The number of para-hydroxylation sites is 1. The number of hydrogen-bond acceptors (Lipinski definition) is 1. The molecule has 0 saturated carbocycles. The predicted molar refractivity (Wildman–Crippen MR) is 136 cm³/mol. The summed E-state index contributed by atoms with van der Waals surface area (Å²) in [6.45, 7) is 0. The van der Waals surface area contributed by atoms with Crippen LogP contribution in [0.4, 0.5) is 5.69 Å². The van der Waals surface area contributed by atoms with Crippen LogP contribution in [0.25, 0.3) is 11.1 Å². The van der Waals surface area contributed by atoms with Gasteiger partial charge in [0.15, 0.2) is 0 Å². The molecule has 0 amide bonds. The largest absolute Gasteiger partial charge is 0.398 e. The molecule has 0 heterocycles. The number of anilines is 1. The van der Waals surface area contributed by atoms with Crippen molar-refractivity contribution in [2.45, 2.75) is 19.6 Å². The van der Waals surface area contributed by atoms with E-state index >= 15 is 0 Å². The van der Waals surface area contributed by atoms with E-state index in [0.717, 1.165) is 16.8 Å². The summed E-state index contributed by atoms with van der Waals surface area (Å²) in [5.74, 6) is 0. The number of rotatable bonds is 5. The van der Waals surface area contributed by atoms with Gasteiger partial charge in [-0.3, -0.25) is 0 Å². The zero-order valence-electron chi connectivity index (χ0n) is 17.8. The molecule has 2 N–H and O–H groups in total. The van der Waals surface area contributed by atoms with Gasteiger partial charge in [-0.1, -0.05) is 84.9 Å². The summed E-state index contributed by atoms with van der Waals surface area (Å²) in [4.78, 5) is 5.28. The summed E-state index contributed by atoms with van der Waals surface area (Å²) in [5.41, 5.74) is 9.26. The van der Waals surface area contributed by atoms with Gasteiger partial charge < -0.3 is 5.73 Å². The van der Waals surface area contributed by atoms with E-state index in [4.69, 9.17) is 5.73 Å². The fourth-order valence-corrected chi connectivity index (χ4v) is 8.16. The third-order valence-electron chi connectivity index (χ3n) is 5.77. The molecule has 1 nitrogen and oxygen atoms in total. The summed E-state index contributed by atoms with van der Waals surface area (Å²) in [6, 6.07) is 49.7. The van der Waals surface area contributed by atoms with Crippen molar-refractivity contribution >= 4 is 15.7 Å². The summed E-state index contributed by atoms with van der Waals surface area (Å²) in [5, 5.41) is 0. The summed E-state index contributed by atoms with van der Waals surface area (Å²) in [7, 11) is -1.65. The zero-order valence-corrected chi connectivity index (χ0v) is 18.6. The molecule has 0 saturated heterocycles. The summed E-state index contributed by atoms with van der Waals surface area (Å²) >= 11 is 0. The highest BCUT2D eigenvalue weighted by Crippen LogP contribution is 2.73. The van der Waals surface area contributed by atoms with E-state index in [2.05, 4.69) is 121 Å². The maximum absolute atomic E-state index is 6.25. The van der Waals surface area contributed by atoms with Crippen molar-refractivity contribution in [2.75, 3.05) is 5.73 Å². The highest BCUT2D eigenvalue weighted by atomic mass is 32.3. The second-order valence-electron chi connectivity index (χ2n) is 7.66. The van der Waals surface area contributed by atoms with Gasteiger partial charge in [-0.15, -0.1) is 10.0 Å². The Kier molecular flexibility index (Phi) is 5.53. The lowest BCUT2D eigenvalue weighted by Gasteiger charge is -2.42. The number of hydrogen-bond donors (Lipinski definition) is 1. The second-order valence-corrected chi connectivity index (χ2v) is 10.8. The van der Waals surface area contributed by atoms with Crippen LogP contribution in [0.1, 0.15) is 0 Å². The molecule has 5 aromatic carbocycles. The number of benzene rings is 5. The zero-order chi connectivity index (χ0) is 21.8. The molecule has 2 heteroatoms. The lowest BCUT2D eigenvalue weighted by atomic mass is 10.0. The topological polar surface area (TPSA) is 26.0 Å². The minimum atomic E-state index is -1.65. The third kappa shape index (κ3) is 3.49. The van der Waals surface area contributed by atoms with E-state index in [9.17, 15) is 0 Å². The van der Waals surface area contributed by atoms with E-state index in [-0.39, 0.29) is 0 Å². The Morgan fingerprint density at radius 2 is 0.750 bits per heavy atom. The average Bonchev–Trinajstić information content (AvgIpc) is 2.87. The van der Waals surface area contributed by atoms with E-state index < -0.39 is 10.0 Å². The Balaban J connectivity index is 1.78. The van der Waals surface area contributed by atoms with Gasteiger partial charge in [0.2, 0.25) is 0 Å². The molecule has 32 heavy (non-hydrogen) atoms. The van der Waals surface area contributed by atoms with Gasteiger partial charge in [0, 0.05) is 30.8 Å². The van der Waals surface area contributed by atoms with Gasteiger partial charge in [0.05, 0.1) is 0 Å². The van der Waals surface area contributed by atoms with Crippen LogP contribution in [0.5, 0.6) is 0 Å². The fraction of sp³-hybridized carbons (Fsp3) is 0. The number of nitrogen functional groups attached to an aromatic ring is 1. The molecule has 156 valence electrons. The Morgan fingerprint density at radius 1 is 0.375 bits per heavy atom. The predicted octanol–water partition coefficient (Wildman–Crippen LogP) is 8.28. The SMILES string of the molecule is Nc1ccccc1-c1ccc(S(c2ccccc2)(c2ccccc2)c2ccccc2)cc1. The molecule has 0 unspecified atom stereocenters. The first-order valence-electron chi connectivity index (χ1n) is 10.7. The van der Waals surface area contributed by atoms with Crippen LogP contribution in [-0.2, 0) is 0 Å². The van der Waals surface area contributed by atoms with E-state index in [1.807, 2.05) is 18.2 Å². The molecule has 0 aromatic heterocycles. The molecule has 0 radical (unpaired) electrons. The maximum Gasteiger partial charge on any atom is 0.0393 e. The third-order valence-corrected chi connectivity index (χ3v) is 9.69. The summed E-state index contributed by atoms with van der Waals surface area (Å²) < 4.78 is 0. The fourth-order valence-electron chi connectivity index (χ4n) is 4.29. The van der Waals surface area contributed by atoms with Crippen molar-refractivity contribution in [2.24, 2.45) is 0 Å². The van der Waals surface area contributed by atoms with Gasteiger partial charge in [0.1, 0.15) is 0 Å². The van der Waals surface area contributed by atoms with Crippen LogP contribution in [0.15, 0.2) is 159 Å². The molecule has 5 rings (SSSR count). The molecule has 0 aliphatic rings. The molecular formula is C30H25NS. The van der Waals surface area contributed by atoms with Gasteiger partial charge in [-0.25, -0.2) is 0 Å². The Morgan fingerprint density at radius 3 is 1.19 bits per heavy atom. The Bertz CT molecular complexity index is 1200. The normalized spacial score (nSPS) is 11.8. The molecule has 0 fully saturated rings. The van der Waals surface area contributed by atoms with Crippen molar-refractivity contribution in [1.29, 1.82) is 0 Å². The first-order chi connectivity index (χ1) is 15.8. The molecule has 0 aliphatic heterocycles. The highest BCUT2D eigenvalue weighted by molar-refractivity contribution is 8.34. The minimum Gasteiger partial charge on any atom is -0.398 e. The van der Waals surface area contributed by atoms with Gasteiger partial charge >= 0.3 is 0 Å². The maximum atomic E-state index is 6.25. The molecule has 0 spiro atoms. The molecule has 5 aromatic rings. The first-order valence-corrected chi connectivity index (χ1v) is 12.4. The van der Waals surface area contributed by atoms with Crippen molar-refractivity contribution in [3.8, 4) is 11.1 Å². The number of nitrogens with two attached hydrogens (primary N) is 1. The van der Waals surface area contributed by atoms with E-state index in [1.54, 1.807) is 0 Å². The molecular weight excluding hydrogens is 406 g/mol. The molecule has 0 atom stereocenters. The van der Waals surface area contributed by atoms with Gasteiger partial charge in [0.25, 0.3) is 0 Å². The Hall–Kier alpha value is -3.75. The molecule has 0 aliphatic carbocycles. The van der Waals surface area contributed by atoms with Crippen LogP contribution in [0, 0.1) is 0 Å². The van der Waals surface area contributed by atoms with Gasteiger partial charge in [-0.05, 0) is 60.2 Å². The van der Waals surface area contributed by atoms with Crippen molar-refractivity contribution in [3.63, 3.8) is 0 Å². The lowest BCUT2D eigenvalue weighted by molar-refractivity contribution is 1.24. The van der Waals surface area contributed by atoms with Crippen LogP contribution in [0.3, 0.4) is 0 Å².